The fourth-order valence-electron chi connectivity index (χ4n) is 3.01. The number of thioether (sulfide) groups is 1. The van der Waals surface area contributed by atoms with Crippen molar-refractivity contribution in [2.75, 3.05) is 22.9 Å². The predicted octanol–water partition coefficient (Wildman–Crippen LogP) is 2.77. The molecule has 1 saturated carbocycles. The van der Waals surface area contributed by atoms with E-state index < -0.39 is 27.8 Å². The summed E-state index contributed by atoms with van der Waals surface area (Å²) in [6.07, 6.45) is 5.97. The summed E-state index contributed by atoms with van der Waals surface area (Å²) in [5.41, 5.74) is -0.118. The number of amides is 1. The van der Waals surface area contributed by atoms with Crippen LogP contribution >= 0.6 is 11.8 Å². The summed E-state index contributed by atoms with van der Waals surface area (Å²) in [4.78, 5) is 12.4. The molecule has 1 atom stereocenters. The van der Waals surface area contributed by atoms with Crippen LogP contribution < -0.4 is 9.62 Å². The lowest BCUT2D eigenvalue weighted by Gasteiger charge is -2.28. The molecule has 0 radical (unpaired) electrons. The number of rotatable bonds is 8. The zero-order chi connectivity index (χ0) is 18.4. The molecule has 0 aliphatic heterocycles. The first-order valence-electron chi connectivity index (χ1n) is 8.44. The molecule has 140 valence electrons. The molecule has 5 nitrogen and oxygen atoms in total. The highest BCUT2D eigenvalue weighted by Crippen LogP contribution is 2.29. The summed E-state index contributed by atoms with van der Waals surface area (Å²) in [7, 11) is -3.80. The van der Waals surface area contributed by atoms with Crippen LogP contribution in [0.4, 0.5) is 10.1 Å². The number of halogens is 1. The van der Waals surface area contributed by atoms with Gasteiger partial charge >= 0.3 is 0 Å². The lowest BCUT2D eigenvalue weighted by Crippen LogP contribution is -2.48. The minimum Gasteiger partial charge on any atom is -0.353 e. The first kappa shape index (κ1) is 20.0. The van der Waals surface area contributed by atoms with E-state index in [2.05, 4.69) is 5.32 Å². The third-order valence-electron chi connectivity index (χ3n) is 4.24. The second kappa shape index (κ2) is 8.89. The molecule has 0 spiro atoms. The zero-order valence-corrected chi connectivity index (χ0v) is 16.2. The Hall–Kier alpha value is -1.28. The van der Waals surface area contributed by atoms with Crippen molar-refractivity contribution < 1.29 is 17.6 Å². The standard InChI is InChI=1S/C17H25FN2O3S2/c1-13(17(21)19-11-12-24-14-7-3-4-8-14)20(25(2,22)23)16-10-6-5-9-15(16)18/h5-6,9-10,13-14H,3-4,7-8,11-12H2,1-2H3,(H,19,21)/t13-/m0/s1. The lowest BCUT2D eigenvalue weighted by atomic mass is 10.2. The number of anilines is 1. The molecule has 0 saturated heterocycles. The van der Waals surface area contributed by atoms with E-state index in [4.69, 9.17) is 0 Å². The van der Waals surface area contributed by atoms with Crippen molar-refractivity contribution in [3.63, 3.8) is 0 Å². The number of hydrogen-bond acceptors (Lipinski definition) is 4. The Labute approximate surface area is 153 Å². The van der Waals surface area contributed by atoms with Crippen LogP contribution in [-0.4, -0.2) is 44.2 Å². The normalized spacial score (nSPS) is 16.6. The molecule has 1 amide bonds. The predicted molar refractivity (Wildman–Crippen MR) is 101 cm³/mol. The van der Waals surface area contributed by atoms with Gasteiger partial charge in [0.25, 0.3) is 0 Å². The van der Waals surface area contributed by atoms with E-state index in [-0.39, 0.29) is 5.69 Å². The van der Waals surface area contributed by atoms with E-state index >= 15 is 0 Å². The highest BCUT2D eigenvalue weighted by Gasteiger charge is 2.30. The molecule has 0 bridgehead atoms. The topological polar surface area (TPSA) is 66.5 Å². The Morgan fingerprint density at radius 1 is 1.36 bits per heavy atom. The van der Waals surface area contributed by atoms with Crippen molar-refractivity contribution in [2.24, 2.45) is 0 Å². The van der Waals surface area contributed by atoms with Gasteiger partial charge in [0.2, 0.25) is 15.9 Å². The van der Waals surface area contributed by atoms with Crippen LogP contribution in [-0.2, 0) is 14.8 Å². The van der Waals surface area contributed by atoms with Gasteiger partial charge in [0.05, 0.1) is 11.9 Å². The van der Waals surface area contributed by atoms with Crippen LogP contribution in [0.25, 0.3) is 0 Å². The summed E-state index contributed by atoms with van der Waals surface area (Å²) in [6, 6.07) is 4.53. The van der Waals surface area contributed by atoms with E-state index in [0.717, 1.165) is 16.3 Å². The molecule has 0 heterocycles. The van der Waals surface area contributed by atoms with Crippen molar-refractivity contribution in [2.45, 2.75) is 43.9 Å². The van der Waals surface area contributed by atoms with Crippen LogP contribution in [0.2, 0.25) is 0 Å². The maximum atomic E-state index is 14.0. The molecule has 8 heteroatoms. The van der Waals surface area contributed by atoms with Crippen molar-refractivity contribution >= 4 is 33.4 Å². The maximum absolute atomic E-state index is 14.0. The number of sulfonamides is 1. The molecule has 0 aromatic heterocycles. The van der Waals surface area contributed by atoms with E-state index in [1.165, 1.54) is 50.8 Å². The zero-order valence-electron chi connectivity index (χ0n) is 14.6. The lowest BCUT2D eigenvalue weighted by molar-refractivity contribution is -0.121. The number of para-hydroxylation sites is 1. The number of carbonyl (C=O) groups excluding carboxylic acids is 1. The summed E-state index contributed by atoms with van der Waals surface area (Å²) in [6.45, 7) is 1.94. The van der Waals surface area contributed by atoms with Gasteiger partial charge in [-0.25, -0.2) is 12.8 Å². The number of nitrogens with zero attached hydrogens (tertiary/aromatic N) is 1. The molecule has 25 heavy (non-hydrogen) atoms. The van der Waals surface area contributed by atoms with Crippen molar-refractivity contribution in [3.8, 4) is 0 Å². The summed E-state index contributed by atoms with van der Waals surface area (Å²) in [5.74, 6) is -0.313. The smallest absolute Gasteiger partial charge is 0.243 e. The van der Waals surface area contributed by atoms with Crippen LogP contribution in [0.15, 0.2) is 24.3 Å². The minimum atomic E-state index is -3.80. The SMILES string of the molecule is C[C@@H](C(=O)NCCSC1CCCC1)N(c1ccccc1F)S(C)(=O)=O. The van der Waals surface area contributed by atoms with Gasteiger partial charge in [0.1, 0.15) is 11.9 Å². The Morgan fingerprint density at radius 2 is 2.00 bits per heavy atom. The molecule has 2 rings (SSSR count). The number of carbonyl (C=O) groups is 1. The molecule has 1 fully saturated rings. The van der Waals surface area contributed by atoms with Gasteiger partial charge in [0, 0.05) is 17.5 Å². The molecule has 1 N–H and O–H groups in total. The third-order valence-corrected chi connectivity index (χ3v) is 6.85. The summed E-state index contributed by atoms with van der Waals surface area (Å²) >= 11 is 1.84. The average Bonchev–Trinajstić information content (AvgIpc) is 3.05. The number of nitrogens with one attached hydrogen (secondary N) is 1. The van der Waals surface area contributed by atoms with E-state index in [0.29, 0.717) is 11.8 Å². The number of benzene rings is 1. The fourth-order valence-corrected chi connectivity index (χ4v) is 5.41. The van der Waals surface area contributed by atoms with Crippen molar-refractivity contribution in [3.05, 3.63) is 30.1 Å². The van der Waals surface area contributed by atoms with E-state index in [1.54, 1.807) is 6.07 Å². The fraction of sp³-hybridized carbons (Fsp3) is 0.588. The summed E-state index contributed by atoms with van der Waals surface area (Å²) < 4.78 is 39.1. The second-order valence-electron chi connectivity index (χ2n) is 6.25. The van der Waals surface area contributed by atoms with Gasteiger partial charge in [-0.3, -0.25) is 9.10 Å². The van der Waals surface area contributed by atoms with E-state index in [9.17, 15) is 17.6 Å². The van der Waals surface area contributed by atoms with Crippen LogP contribution in [0.3, 0.4) is 0 Å². The minimum absolute atomic E-state index is 0.118. The van der Waals surface area contributed by atoms with Gasteiger partial charge in [-0.05, 0) is 31.9 Å². The van der Waals surface area contributed by atoms with Crippen LogP contribution in [0.1, 0.15) is 32.6 Å². The molecular formula is C17H25FN2O3S2. The first-order valence-corrected chi connectivity index (χ1v) is 11.3. The molecule has 1 aliphatic carbocycles. The van der Waals surface area contributed by atoms with Gasteiger partial charge in [0.15, 0.2) is 0 Å². The Balaban J connectivity index is 1.97. The Morgan fingerprint density at radius 3 is 2.60 bits per heavy atom. The molecule has 1 aromatic carbocycles. The largest absolute Gasteiger partial charge is 0.353 e. The molecule has 0 unspecified atom stereocenters. The molecule has 1 aliphatic rings. The number of hydrogen-bond donors (Lipinski definition) is 1. The van der Waals surface area contributed by atoms with Crippen molar-refractivity contribution in [1.29, 1.82) is 0 Å². The van der Waals surface area contributed by atoms with Gasteiger partial charge < -0.3 is 5.32 Å². The molecular weight excluding hydrogens is 363 g/mol. The maximum Gasteiger partial charge on any atom is 0.243 e. The van der Waals surface area contributed by atoms with Crippen molar-refractivity contribution in [1.82, 2.24) is 5.32 Å². The van der Waals surface area contributed by atoms with Crippen LogP contribution in [0, 0.1) is 5.82 Å². The van der Waals surface area contributed by atoms with Gasteiger partial charge in [-0.15, -0.1) is 0 Å². The highest BCUT2D eigenvalue weighted by atomic mass is 32.2. The monoisotopic (exact) mass is 388 g/mol. The Kier molecular flexibility index (Phi) is 7.13. The first-order chi connectivity index (χ1) is 11.8. The van der Waals surface area contributed by atoms with Gasteiger partial charge in [-0.2, -0.15) is 11.8 Å². The molecule has 1 aromatic rings. The Bertz CT molecular complexity index is 691. The van der Waals surface area contributed by atoms with Crippen LogP contribution in [0.5, 0.6) is 0 Å². The quantitative estimate of drug-likeness (QED) is 0.696. The van der Waals surface area contributed by atoms with Gasteiger partial charge in [-0.1, -0.05) is 25.0 Å². The summed E-state index contributed by atoms with van der Waals surface area (Å²) in [5, 5.41) is 3.43. The second-order valence-corrected chi connectivity index (χ2v) is 9.52. The van der Waals surface area contributed by atoms with E-state index in [1.807, 2.05) is 11.8 Å². The third kappa shape index (κ3) is 5.60. The highest BCUT2D eigenvalue weighted by molar-refractivity contribution is 7.99. The average molecular weight is 389 g/mol.